The normalized spacial score (nSPS) is 21.1. The Morgan fingerprint density at radius 3 is 2.80 bits per heavy atom. The molecule has 80 valence electrons. The molecule has 3 heteroatoms. The van der Waals surface area contributed by atoms with Gasteiger partial charge in [-0.1, -0.05) is 28.9 Å². The molecule has 1 aliphatic carbocycles. The van der Waals surface area contributed by atoms with Gasteiger partial charge in [0.05, 0.1) is 5.92 Å². The predicted octanol–water partition coefficient (Wildman–Crippen LogP) is 2.88. The van der Waals surface area contributed by atoms with E-state index in [0.717, 1.165) is 17.3 Å². The minimum absolute atomic E-state index is 0.254. The molecule has 2 nitrogen and oxygen atoms in total. The maximum atomic E-state index is 10.9. The lowest BCUT2D eigenvalue weighted by Crippen LogP contribution is -2.20. The van der Waals surface area contributed by atoms with E-state index in [9.17, 15) is 4.79 Å². The highest BCUT2D eigenvalue weighted by molar-refractivity contribution is 9.10. The first-order valence-electron chi connectivity index (χ1n) is 5.08. The van der Waals surface area contributed by atoms with Gasteiger partial charge in [-0.05, 0) is 42.0 Å². The molecule has 0 heterocycles. The Labute approximate surface area is 97.4 Å². The average molecular weight is 269 g/mol. The van der Waals surface area contributed by atoms with Crippen LogP contribution in [-0.2, 0) is 17.6 Å². The molecule has 0 aliphatic heterocycles. The van der Waals surface area contributed by atoms with Gasteiger partial charge in [-0.15, -0.1) is 0 Å². The predicted molar refractivity (Wildman–Crippen MR) is 61.8 cm³/mol. The van der Waals surface area contributed by atoms with Gasteiger partial charge < -0.3 is 5.11 Å². The summed E-state index contributed by atoms with van der Waals surface area (Å²) in [6.07, 6.45) is 1.79. The zero-order valence-corrected chi connectivity index (χ0v) is 10.1. The van der Waals surface area contributed by atoms with Gasteiger partial charge in [0.15, 0.2) is 0 Å². The minimum atomic E-state index is -0.688. The van der Waals surface area contributed by atoms with E-state index in [0.29, 0.717) is 0 Å². The minimum Gasteiger partial charge on any atom is -0.481 e. The van der Waals surface area contributed by atoms with Gasteiger partial charge in [0.2, 0.25) is 0 Å². The Morgan fingerprint density at radius 2 is 2.13 bits per heavy atom. The Balaban J connectivity index is 2.19. The summed E-state index contributed by atoms with van der Waals surface area (Å²) in [6, 6.07) is 6.21. The van der Waals surface area contributed by atoms with Crippen molar-refractivity contribution in [3.63, 3.8) is 0 Å². The van der Waals surface area contributed by atoms with E-state index in [-0.39, 0.29) is 11.8 Å². The summed E-state index contributed by atoms with van der Waals surface area (Å²) < 4.78 is 1.07. The van der Waals surface area contributed by atoms with E-state index in [2.05, 4.69) is 28.1 Å². The standard InChI is InChI=1S/C12H13BrO2/c1-7(12(14)15)9-4-8-2-3-11(13)6-10(8)5-9/h2-3,6-7,9H,4-5H2,1H3,(H,14,15). The van der Waals surface area contributed by atoms with E-state index in [1.54, 1.807) is 6.92 Å². The molecule has 2 rings (SSSR count). The van der Waals surface area contributed by atoms with Crippen LogP contribution in [0.25, 0.3) is 0 Å². The van der Waals surface area contributed by atoms with Crippen LogP contribution in [0.5, 0.6) is 0 Å². The summed E-state index contributed by atoms with van der Waals surface area (Å²) in [6.45, 7) is 1.80. The van der Waals surface area contributed by atoms with Gasteiger partial charge in [-0.25, -0.2) is 0 Å². The fraction of sp³-hybridized carbons (Fsp3) is 0.417. The first kappa shape index (κ1) is 10.7. The third kappa shape index (κ3) is 2.07. The number of carbonyl (C=O) groups is 1. The van der Waals surface area contributed by atoms with E-state index in [4.69, 9.17) is 5.11 Å². The van der Waals surface area contributed by atoms with Crippen LogP contribution in [0.1, 0.15) is 18.1 Å². The second-order valence-corrected chi connectivity index (χ2v) is 5.12. The van der Waals surface area contributed by atoms with Crippen molar-refractivity contribution in [2.45, 2.75) is 19.8 Å². The fourth-order valence-electron chi connectivity index (χ4n) is 2.18. The second kappa shape index (κ2) is 3.97. The summed E-state index contributed by atoms with van der Waals surface area (Å²) in [5.41, 5.74) is 2.60. The van der Waals surface area contributed by atoms with Crippen molar-refractivity contribution in [2.75, 3.05) is 0 Å². The summed E-state index contributed by atoms with van der Waals surface area (Å²) in [7, 11) is 0. The molecule has 2 atom stereocenters. The van der Waals surface area contributed by atoms with Crippen molar-refractivity contribution >= 4 is 21.9 Å². The summed E-state index contributed by atoms with van der Waals surface area (Å²) >= 11 is 3.43. The highest BCUT2D eigenvalue weighted by Gasteiger charge is 2.29. The third-order valence-electron chi connectivity index (χ3n) is 3.23. The molecule has 1 aromatic rings. The lowest BCUT2D eigenvalue weighted by Gasteiger charge is -2.13. The quantitative estimate of drug-likeness (QED) is 0.896. The Hall–Kier alpha value is -0.830. The van der Waals surface area contributed by atoms with Gasteiger partial charge in [0, 0.05) is 4.47 Å². The Morgan fingerprint density at radius 1 is 1.47 bits per heavy atom. The van der Waals surface area contributed by atoms with E-state index in [1.807, 2.05) is 6.07 Å². The molecule has 15 heavy (non-hydrogen) atoms. The lowest BCUT2D eigenvalue weighted by molar-refractivity contribution is -0.142. The topological polar surface area (TPSA) is 37.3 Å². The maximum Gasteiger partial charge on any atom is 0.306 e. The van der Waals surface area contributed by atoms with Gasteiger partial charge in [-0.3, -0.25) is 4.79 Å². The lowest BCUT2D eigenvalue weighted by atomic mass is 9.91. The van der Waals surface area contributed by atoms with Crippen molar-refractivity contribution in [3.05, 3.63) is 33.8 Å². The van der Waals surface area contributed by atoms with E-state index < -0.39 is 5.97 Å². The van der Waals surface area contributed by atoms with Crippen molar-refractivity contribution in [3.8, 4) is 0 Å². The Kier molecular flexibility index (Phi) is 2.83. The largest absolute Gasteiger partial charge is 0.481 e. The molecule has 0 fully saturated rings. The van der Waals surface area contributed by atoms with Crippen molar-refractivity contribution in [1.29, 1.82) is 0 Å². The summed E-state index contributed by atoms with van der Waals surface area (Å²) in [5, 5.41) is 8.97. The van der Waals surface area contributed by atoms with Gasteiger partial charge in [0.25, 0.3) is 0 Å². The van der Waals surface area contributed by atoms with Gasteiger partial charge in [-0.2, -0.15) is 0 Å². The molecule has 1 aromatic carbocycles. The highest BCUT2D eigenvalue weighted by Crippen LogP contribution is 2.33. The van der Waals surface area contributed by atoms with Gasteiger partial charge in [0.1, 0.15) is 0 Å². The molecule has 2 unspecified atom stereocenters. The number of carboxylic acids is 1. The smallest absolute Gasteiger partial charge is 0.306 e. The van der Waals surface area contributed by atoms with Crippen LogP contribution in [0.4, 0.5) is 0 Å². The van der Waals surface area contributed by atoms with Gasteiger partial charge >= 0.3 is 5.97 Å². The summed E-state index contributed by atoms with van der Waals surface area (Å²) in [5.74, 6) is -0.685. The molecule has 0 aromatic heterocycles. The van der Waals surface area contributed by atoms with E-state index >= 15 is 0 Å². The molecule has 1 aliphatic rings. The first-order chi connectivity index (χ1) is 7.08. The number of fused-ring (bicyclic) bond motifs is 1. The van der Waals surface area contributed by atoms with Crippen LogP contribution in [0.3, 0.4) is 0 Å². The van der Waals surface area contributed by atoms with Crippen molar-refractivity contribution in [1.82, 2.24) is 0 Å². The third-order valence-corrected chi connectivity index (χ3v) is 3.72. The molecule has 0 amide bonds. The number of benzene rings is 1. The molecule has 0 saturated heterocycles. The zero-order valence-electron chi connectivity index (χ0n) is 8.53. The number of hydrogen-bond donors (Lipinski definition) is 1. The van der Waals surface area contributed by atoms with Crippen LogP contribution < -0.4 is 0 Å². The zero-order chi connectivity index (χ0) is 11.0. The Bertz CT molecular complexity index is 401. The fourth-order valence-corrected chi connectivity index (χ4v) is 2.58. The maximum absolute atomic E-state index is 10.9. The molecule has 1 N–H and O–H groups in total. The van der Waals surface area contributed by atoms with Crippen molar-refractivity contribution in [2.24, 2.45) is 11.8 Å². The average Bonchev–Trinajstić information content (AvgIpc) is 2.58. The number of rotatable bonds is 2. The highest BCUT2D eigenvalue weighted by atomic mass is 79.9. The number of halogens is 1. The summed E-state index contributed by atoms with van der Waals surface area (Å²) in [4.78, 5) is 10.9. The molecule has 0 spiro atoms. The molecule has 0 bridgehead atoms. The van der Waals surface area contributed by atoms with Crippen molar-refractivity contribution < 1.29 is 9.90 Å². The molecular weight excluding hydrogens is 256 g/mol. The number of aliphatic carboxylic acids is 1. The molecule has 0 radical (unpaired) electrons. The first-order valence-corrected chi connectivity index (χ1v) is 5.87. The monoisotopic (exact) mass is 268 g/mol. The van der Waals surface area contributed by atoms with Crippen LogP contribution in [0, 0.1) is 11.8 Å². The van der Waals surface area contributed by atoms with Crippen LogP contribution in [0.15, 0.2) is 22.7 Å². The van der Waals surface area contributed by atoms with Crippen LogP contribution in [0.2, 0.25) is 0 Å². The SMILES string of the molecule is CC(C(=O)O)C1Cc2ccc(Br)cc2C1. The molecule has 0 saturated carbocycles. The van der Waals surface area contributed by atoms with E-state index in [1.165, 1.54) is 11.1 Å². The number of hydrogen-bond acceptors (Lipinski definition) is 1. The number of carboxylic acid groups (broad SMARTS) is 1. The molecular formula is C12H13BrO2. The second-order valence-electron chi connectivity index (χ2n) is 4.21. The van der Waals surface area contributed by atoms with Crippen LogP contribution in [-0.4, -0.2) is 11.1 Å². The van der Waals surface area contributed by atoms with Crippen LogP contribution >= 0.6 is 15.9 Å².